The van der Waals surface area contributed by atoms with E-state index >= 15 is 0 Å². The molecule has 4 rings (SSSR count). The molecule has 2 unspecified atom stereocenters. The van der Waals surface area contributed by atoms with Crippen LogP contribution in [0.1, 0.15) is 47.6 Å². The van der Waals surface area contributed by atoms with Gasteiger partial charge in [-0.05, 0) is 49.9 Å². The quantitative estimate of drug-likeness (QED) is 0.713. The van der Waals surface area contributed by atoms with Crippen LogP contribution >= 0.6 is 0 Å². The second kappa shape index (κ2) is 8.03. The monoisotopic (exact) mass is 421 g/mol. The average Bonchev–Trinajstić information content (AvgIpc) is 3.30. The molecular formula is C21H26F3N5O. The van der Waals surface area contributed by atoms with Gasteiger partial charge in [0, 0.05) is 37.5 Å². The molecule has 1 aromatic carbocycles. The first-order chi connectivity index (χ1) is 14.2. The molecule has 1 aromatic heterocycles. The first-order valence-electron chi connectivity index (χ1n) is 10.1. The van der Waals surface area contributed by atoms with Crippen LogP contribution in [0.3, 0.4) is 0 Å². The number of fused-ring (bicyclic) bond motifs is 1. The van der Waals surface area contributed by atoms with Crippen molar-refractivity contribution in [3.63, 3.8) is 0 Å². The summed E-state index contributed by atoms with van der Waals surface area (Å²) in [5, 5.41) is 3.29. The predicted octanol–water partition coefficient (Wildman–Crippen LogP) is 3.91. The average molecular weight is 421 g/mol. The zero-order valence-corrected chi connectivity index (χ0v) is 17.1. The third-order valence-corrected chi connectivity index (χ3v) is 5.66. The van der Waals surface area contributed by atoms with Gasteiger partial charge in [-0.1, -0.05) is 0 Å². The van der Waals surface area contributed by atoms with Gasteiger partial charge < -0.3 is 15.8 Å². The summed E-state index contributed by atoms with van der Waals surface area (Å²) >= 11 is 0. The number of nitrogen functional groups attached to an aromatic ring is 1. The molecule has 30 heavy (non-hydrogen) atoms. The van der Waals surface area contributed by atoms with E-state index in [0.29, 0.717) is 29.7 Å². The Kier molecular flexibility index (Phi) is 5.59. The number of alkyl halides is 3. The van der Waals surface area contributed by atoms with Crippen LogP contribution < -0.4 is 11.1 Å². The number of nitrogens with two attached hydrogens (primary N) is 1. The summed E-state index contributed by atoms with van der Waals surface area (Å²) in [5.41, 5.74) is 7.50. The Morgan fingerprint density at radius 1 is 1.27 bits per heavy atom. The van der Waals surface area contributed by atoms with Gasteiger partial charge in [0.15, 0.2) is 0 Å². The van der Waals surface area contributed by atoms with Gasteiger partial charge in [0.25, 0.3) is 0 Å². The fourth-order valence-electron chi connectivity index (χ4n) is 4.16. The number of benzene rings is 1. The van der Waals surface area contributed by atoms with E-state index in [1.807, 2.05) is 6.92 Å². The normalized spacial score (nSPS) is 20.4. The van der Waals surface area contributed by atoms with E-state index in [0.717, 1.165) is 56.1 Å². The lowest BCUT2D eigenvalue weighted by molar-refractivity contribution is -0.137. The second-order valence-electron chi connectivity index (χ2n) is 8.20. The minimum absolute atomic E-state index is 0.0857. The largest absolute Gasteiger partial charge is 0.416 e. The summed E-state index contributed by atoms with van der Waals surface area (Å²) < 4.78 is 45.0. The molecule has 6 nitrogen and oxygen atoms in total. The molecule has 162 valence electrons. The molecule has 9 heteroatoms. The van der Waals surface area contributed by atoms with Crippen LogP contribution in [0.15, 0.2) is 18.2 Å². The van der Waals surface area contributed by atoms with Crippen molar-refractivity contribution in [2.45, 2.75) is 45.6 Å². The van der Waals surface area contributed by atoms with E-state index in [9.17, 15) is 13.2 Å². The maximum atomic E-state index is 13.2. The molecule has 0 aliphatic carbocycles. The van der Waals surface area contributed by atoms with Crippen LogP contribution in [0.25, 0.3) is 0 Å². The van der Waals surface area contributed by atoms with Gasteiger partial charge in [0.05, 0.1) is 23.9 Å². The summed E-state index contributed by atoms with van der Waals surface area (Å²) in [5.74, 6) is 1.83. The highest BCUT2D eigenvalue weighted by atomic mass is 19.4. The fraction of sp³-hybridized carbons (Fsp3) is 0.524. The van der Waals surface area contributed by atoms with Crippen LogP contribution in [-0.2, 0) is 24.0 Å². The zero-order chi connectivity index (χ0) is 21.5. The number of nitrogens with one attached hydrogen (secondary N) is 1. The Morgan fingerprint density at radius 2 is 2.07 bits per heavy atom. The summed E-state index contributed by atoms with van der Waals surface area (Å²) in [6.45, 7) is 7.63. The van der Waals surface area contributed by atoms with Crippen molar-refractivity contribution in [1.29, 1.82) is 0 Å². The third-order valence-electron chi connectivity index (χ3n) is 5.66. The maximum absolute atomic E-state index is 13.2. The Labute approximate surface area is 173 Å². The standard InChI is InChI=1S/C21H26F3N5O/c1-12(15-5-16(21(22,23)24)7-17(25)6-15)26-20-18-9-29(8-14-3-4-30-11-14)10-19(18)27-13(2)28-20/h5-7,12,14H,3-4,8-11,25H2,1-2H3,(H,26,27,28). The number of rotatable bonds is 5. The maximum Gasteiger partial charge on any atom is 0.416 e. The predicted molar refractivity (Wildman–Crippen MR) is 108 cm³/mol. The summed E-state index contributed by atoms with van der Waals surface area (Å²) in [7, 11) is 0. The lowest BCUT2D eigenvalue weighted by Gasteiger charge is -2.20. The van der Waals surface area contributed by atoms with E-state index in [4.69, 9.17) is 10.5 Å². The number of ether oxygens (including phenoxy) is 1. The Balaban J connectivity index is 1.54. The van der Waals surface area contributed by atoms with E-state index < -0.39 is 17.8 Å². The van der Waals surface area contributed by atoms with Gasteiger partial charge in [-0.2, -0.15) is 13.2 Å². The number of aryl methyl sites for hydroxylation is 1. The van der Waals surface area contributed by atoms with Gasteiger partial charge in [-0.3, -0.25) is 4.90 Å². The molecule has 2 aliphatic heterocycles. The first-order valence-corrected chi connectivity index (χ1v) is 10.1. The molecule has 2 aliphatic rings. The Morgan fingerprint density at radius 3 is 2.77 bits per heavy atom. The second-order valence-corrected chi connectivity index (χ2v) is 8.20. The van der Waals surface area contributed by atoms with E-state index in [-0.39, 0.29) is 5.69 Å². The van der Waals surface area contributed by atoms with Crippen molar-refractivity contribution < 1.29 is 17.9 Å². The fourth-order valence-corrected chi connectivity index (χ4v) is 4.16. The highest BCUT2D eigenvalue weighted by Gasteiger charge is 2.32. The number of nitrogens with zero attached hydrogens (tertiary/aromatic N) is 3. The van der Waals surface area contributed by atoms with Crippen molar-refractivity contribution in [2.24, 2.45) is 5.92 Å². The van der Waals surface area contributed by atoms with Gasteiger partial charge in [0.1, 0.15) is 11.6 Å². The first kappa shape index (κ1) is 20.9. The smallest absolute Gasteiger partial charge is 0.399 e. The number of aromatic nitrogens is 2. The van der Waals surface area contributed by atoms with Crippen molar-refractivity contribution in [1.82, 2.24) is 14.9 Å². The van der Waals surface area contributed by atoms with Crippen molar-refractivity contribution in [3.05, 3.63) is 46.4 Å². The van der Waals surface area contributed by atoms with Gasteiger partial charge >= 0.3 is 6.18 Å². The summed E-state index contributed by atoms with van der Waals surface area (Å²) in [6.07, 6.45) is -3.38. The van der Waals surface area contributed by atoms with Gasteiger partial charge in [-0.15, -0.1) is 0 Å². The van der Waals surface area contributed by atoms with E-state index in [2.05, 4.69) is 20.2 Å². The number of anilines is 2. The van der Waals surface area contributed by atoms with Crippen molar-refractivity contribution >= 4 is 11.5 Å². The molecule has 1 fully saturated rings. The summed E-state index contributed by atoms with van der Waals surface area (Å²) in [6, 6.07) is 3.25. The van der Waals surface area contributed by atoms with Crippen molar-refractivity contribution in [3.8, 4) is 0 Å². The van der Waals surface area contributed by atoms with Gasteiger partial charge in [0.2, 0.25) is 0 Å². The minimum Gasteiger partial charge on any atom is -0.399 e. The zero-order valence-electron chi connectivity index (χ0n) is 17.1. The highest BCUT2D eigenvalue weighted by molar-refractivity contribution is 5.52. The molecule has 0 spiro atoms. The number of halogens is 3. The Bertz CT molecular complexity index is 928. The highest BCUT2D eigenvalue weighted by Crippen LogP contribution is 2.34. The topological polar surface area (TPSA) is 76.3 Å². The minimum atomic E-state index is -4.44. The molecule has 3 N–H and O–H groups in total. The lowest BCUT2D eigenvalue weighted by Crippen LogP contribution is -2.25. The van der Waals surface area contributed by atoms with Gasteiger partial charge in [-0.25, -0.2) is 9.97 Å². The van der Waals surface area contributed by atoms with Crippen LogP contribution in [0, 0.1) is 12.8 Å². The molecule has 1 saturated heterocycles. The molecule has 0 amide bonds. The SMILES string of the molecule is Cc1nc2c(c(NC(C)c3cc(N)cc(C(F)(F)F)c3)n1)CN(CC1CCOC1)C2. The van der Waals surface area contributed by atoms with Crippen LogP contribution in [-0.4, -0.2) is 34.6 Å². The van der Waals surface area contributed by atoms with Crippen LogP contribution in [0.2, 0.25) is 0 Å². The summed E-state index contributed by atoms with van der Waals surface area (Å²) in [4.78, 5) is 11.5. The van der Waals surface area contributed by atoms with Crippen LogP contribution in [0.4, 0.5) is 24.7 Å². The number of hydrogen-bond acceptors (Lipinski definition) is 6. The Hall–Kier alpha value is -2.39. The van der Waals surface area contributed by atoms with Crippen molar-refractivity contribution in [2.75, 3.05) is 30.8 Å². The molecule has 2 aromatic rings. The van der Waals surface area contributed by atoms with Crippen LogP contribution in [0.5, 0.6) is 0 Å². The molecule has 0 bridgehead atoms. The van der Waals surface area contributed by atoms with E-state index in [1.165, 1.54) is 0 Å². The molecule has 3 heterocycles. The number of hydrogen-bond donors (Lipinski definition) is 2. The molecule has 2 atom stereocenters. The van der Waals surface area contributed by atoms with E-state index in [1.54, 1.807) is 13.0 Å². The molecule has 0 saturated carbocycles. The molecule has 0 radical (unpaired) electrons. The lowest BCUT2D eigenvalue weighted by atomic mass is 10.0. The molecular weight excluding hydrogens is 395 g/mol. The third kappa shape index (κ3) is 4.52.